The van der Waals surface area contributed by atoms with Gasteiger partial charge in [0, 0.05) is 0 Å². The lowest BCUT2D eigenvalue weighted by Crippen LogP contribution is -2.41. The van der Waals surface area contributed by atoms with E-state index in [9.17, 15) is 0 Å². The molecule has 0 fully saturated rings. The molecule has 0 aromatic heterocycles. The average Bonchev–Trinajstić information content (AvgIpc) is 2.11. The maximum atomic E-state index is 6.06. The molecule has 1 nitrogen and oxygen atoms in total. The van der Waals surface area contributed by atoms with Gasteiger partial charge in [0.2, 0.25) is 0 Å². The van der Waals surface area contributed by atoms with Crippen molar-refractivity contribution < 1.29 is 4.43 Å². The maximum absolute atomic E-state index is 6.06. The Morgan fingerprint density at radius 1 is 1.13 bits per heavy atom. The van der Waals surface area contributed by atoms with Crippen molar-refractivity contribution in [2.75, 3.05) is 6.61 Å². The summed E-state index contributed by atoms with van der Waals surface area (Å²) < 4.78 is 6.06. The van der Waals surface area contributed by atoms with E-state index < -0.39 is 8.32 Å². The van der Waals surface area contributed by atoms with Crippen molar-refractivity contribution in [3.05, 3.63) is 24.3 Å². The molecule has 0 radical (unpaired) electrons. The van der Waals surface area contributed by atoms with Crippen molar-refractivity contribution in [1.82, 2.24) is 0 Å². The highest BCUT2D eigenvalue weighted by molar-refractivity contribution is 6.74. The average molecular weight is 226 g/mol. The second-order valence-electron chi connectivity index (χ2n) is 5.61. The number of hydrogen-bond acceptors (Lipinski definition) is 1. The molecule has 0 aromatic rings. The molecule has 0 unspecified atom stereocenters. The highest BCUT2D eigenvalue weighted by Crippen LogP contribution is 2.36. The third-order valence-corrected chi connectivity index (χ3v) is 7.82. The van der Waals surface area contributed by atoms with Gasteiger partial charge in [-0.15, -0.1) is 0 Å². The van der Waals surface area contributed by atoms with Crippen LogP contribution in [-0.2, 0) is 4.43 Å². The van der Waals surface area contributed by atoms with Gasteiger partial charge in [0.05, 0.1) is 6.61 Å². The molecular formula is C13H26OSi. The molecule has 0 aliphatic heterocycles. The predicted molar refractivity (Wildman–Crippen MR) is 71.7 cm³/mol. The van der Waals surface area contributed by atoms with Crippen molar-refractivity contribution in [3.63, 3.8) is 0 Å². The molecule has 0 rings (SSSR count). The molecule has 0 heterocycles. The van der Waals surface area contributed by atoms with Gasteiger partial charge in [-0.2, -0.15) is 0 Å². The lowest BCUT2D eigenvalue weighted by atomic mass is 10.1. The summed E-state index contributed by atoms with van der Waals surface area (Å²) in [6.45, 7) is 22.0. The summed E-state index contributed by atoms with van der Waals surface area (Å²) in [4.78, 5) is 0. The van der Waals surface area contributed by atoms with Crippen LogP contribution in [0.2, 0.25) is 18.1 Å². The SMILES string of the molecule is C=C(CC)C(=C)CO[Si](C)(C)C(C)(C)C. The smallest absolute Gasteiger partial charge is 0.192 e. The van der Waals surface area contributed by atoms with Crippen LogP contribution in [0.15, 0.2) is 24.3 Å². The van der Waals surface area contributed by atoms with Crippen LogP contribution in [0.1, 0.15) is 34.1 Å². The lowest BCUT2D eigenvalue weighted by molar-refractivity contribution is 0.320. The molecule has 0 aliphatic carbocycles. The molecule has 2 heteroatoms. The minimum absolute atomic E-state index is 0.265. The Morgan fingerprint density at radius 2 is 1.60 bits per heavy atom. The zero-order valence-corrected chi connectivity index (χ0v) is 12.2. The van der Waals surface area contributed by atoms with Gasteiger partial charge in [-0.05, 0) is 30.1 Å². The van der Waals surface area contributed by atoms with Crippen molar-refractivity contribution in [3.8, 4) is 0 Å². The van der Waals surface area contributed by atoms with Crippen LogP contribution >= 0.6 is 0 Å². The summed E-state index contributed by atoms with van der Waals surface area (Å²) in [5.41, 5.74) is 2.15. The minimum atomic E-state index is -1.63. The van der Waals surface area contributed by atoms with Crippen LogP contribution in [0.4, 0.5) is 0 Å². The van der Waals surface area contributed by atoms with E-state index in [0.717, 1.165) is 17.6 Å². The van der Waals surface area contributed by atoms with Crippen LogP contribution < -0.4 is 0 Å². The summed E-state index contributed by atoms with van der Waals surface area (Å²) in [6, 6.07) is 0. The normalized spacial score (nSPS) is 12.7. The Morgan fingerprint density at radius 3 is 1.93 bits per heavy atom. The first-order valence-electron chi connectivity index (χ1n) is 5.61. The Kier molecular flexibility index (Phi) is 5.01. The molecule has 88 valence electrons. The molecule has 0 aromatic carbocycles. The Hall–Kier alpha value is -0.343. The fraction of sp³-hybridized carbons (Fsp3) is 0.692. The van der Waals surface area contributed by atoms with Crippen LogP contribution in [-0.4, -0.2) is 14.9 Å². The highest BCUT2D eigenvalue weighted by atomic mass is 28.4. The van der Waals surface area contributed by atoms with Gasteiger partial charge in [0.1, 0.15) is 0 Å². The van der Waals surface area contributed by atoms with Crippen molar-refractivity contribution in [1.29, 1.82) is 0 Å². The van der Waals surface area contributed by atoms with E-state index in [-0.39, 0.29) is 5.04 Å². The first kappa shape index (κ1) is 14.7. The topological polar surface area (TPSA) is 9.23 Å². The third kappa shape index (κ3) is 4.35. The number of rotatable bonds is 5. The molecule has 15 heavy (non-hydrogen) atoms. The fourth-order valence-electron chi connectivity index (χ4n) is 0.836. The van der Waals surface area contributed by atoms with Gasteiger partial charge in [0.15, 0.2) is 8.32 Å². The molecule has 0 bridgehead atoms. The van der Waals surface area contributed by atoms with E-state index in [1.807, 2.05) is 0 Å². The predicted octanol–water partition coefficient (Wildman–Crippen LogP) is 4.53. The number of hydrogen-bond donors (Lipinski definition) is 0. The highest BCUT2D eigenvalue weighted by Gasteiger charge is 2.37. The molecule has 0 atom stereocenters. The van der Waals surface area contributed by atoms with Gasteiger partial charge in [0.25, 0.3) is 0 Å². The molecule has 0 spiro atoms. The minimum Gasteiger partial charge on any atom is -0.413 e. The molecule has 0 saturated carbocycles. The van der Waals surface area contributed by atoms with Crippen LogP contribution in [0.3, 0.4) is 0 Å². The lowest BCUT2D eigenvalue weighted by Gasteiger charge is -2.36. The Balaban J connectivity index is 4.28. The summed E-state index contributed by atoms with van der Waals surface area (Å²) in [6.07, 6.45) is 0.958. The first-order chi connectivity index (χ1) is 6.62. The summed E-state index contributed by atoms with van der Waals surface area (Å²) >= 11 is 0. The first-order valence-corrected chi connectivity index (χ1v) is 8.52. The van der Waals surface area contributed by atoms with Gasteiger partial charge >= 0.3 is 0 Å². The third-order valence-electron chi connectivity index (χ3n) is 3.34. The maximum Gasteiger partial charge on any atom is 0.192 e. The van der Waals surface area contributed by atoms with Crippen LogP contribution in [0.5, 0.6) is 0 Å². The molecular weight excluding hydrogens is 200 g/mol. The van der Waals surface area contributed by atoms with E-state index in [2.05, 4.69) is 53.9 Å². The van der Waals surface area contributed by atoms with E-state index in [1.54, 1.807) is 0 Å². The van der Waals surface area contributed by atoms with Crippen molar-refractivity contribution in [2.45, 2.75) is 52.2 Å². The van der Waals surface area contributed by atoms with Gasteiger partial charge in [-0.25, -0.2) is 0 Å². The standard InChI is InChI=1S/C13H26OSi/c1-9-11(2)12(3)10-14-15(7,8)13(4,5)6/h2-3,9-10H2,1,4-8H3. The van der Waals surface area contributed by atoms with E-state index in [1.165, 1.54) is 0 Å². The second kappa shape index (κ2) is 5.13. The van der Waals surface area contributed by atoms with E-state index >= 15 is 0 Å². The molecule has 0 N–H and O–H groups in total. The van der Waals surface area contributed by atoms with E-state index in [4.69, 9.17) is 4.43 Å². The summed E-state index contributed by atoms with van der Waals surface area (Å²) in [5, 5.41) is 0.265. The largest absolute Gasteiger partial charge is 0.413 e. The zero-order valence-electron chi connectivity index (χ0n) is 11.2. The summed E-state index contributed by atoms with van der Waals surface area (Å²) in [5.74, 6) is 0. The van der Waals surface area contributed by atoms with Crippen LogP contribution in [0, 0.1) is 0 Å². The van der Waals surface area contributed by atoms with Crippen molar-refractivity contribution in [2.24, 2.45) is 0 Å². The van der Waals surface area contributed by atoms with Gasteiger partial charge in [-0.1, -0.05) is 46.4 Å². The quantitative estimate of drug-likeness (QED) is 0.494. The molecule has 0 amide bonds. The Labute approximate surface area is 96.4 Å². The second-order valence-corrected chi connectivity index (χ2v) is 10.4. The van der Waals surface area contributed by atoms with Gasteiger partial charge < -0.3 is 4.43 Å². The molecule has 0 saturated heterocycles. The Bertz CT molecular complexity index is 246. The fourth-order valence-corrected chi connectivity index (χ4v) is 1.80. The van der Waals surface area contributed by atoms with Crippen molar-refractivity contribution >= 4 is 8.32 Å². The molecule has 0 aliphatic rings. The zero-order chi connectivity index (χ0) is 12.3. The van der Waals surface area contributed by atoms with Crippen LogP contribution in [0.25, 0.3) is 0 Å². The monoisotopic (exact) mass is 226 g/mol. The van der Waals surface area contributed by atoms with E-state index in [0.29, 0.717) is 6.61 Å². The van der Waals surface area contributed by atoms with Gasteiger partial charge in [-0.3, -0.25) is 0 Å². The summed E-state index contributed by atoms with van der Waals surface area (Å²) in [7, 11) is -1.63.